The van der Waals surface area contributed by atoms with Gasteiger partial charge in [0.2, 0.25) is 0 Å². The van der Waals surface area contributed by atoms with E-state index in [-0.39, 0.29) is 0 Å². The summed E-state index contributed by atoms with van der Waals surface area (Å²) in [5.41, 5.74) is 19.2. The molecule has 24 aromatic rings. The van der Waals surface area contributed by atoms with Gasteiger partial charge in [-0.2, -0.15) is 0 Å². The van der Waals surface area contributed by atoms with Crippen molar-refractivity contribution in [1.82, 2.24) is 0 Å². The lowest BCUT2D eigenvalue weighted by Crippen LogP contribution is -1.92. The van der Waals surface area contributed by atoms with Crippen molar-refractivity contribution in [3.05, 3.63) is 388 Å². The molecule has 0 spiro atoms. The standard InChI is InChI=1S/C42H26OS.C34H20O.C30H18O/c1-3-10-27(11-4-1)29-17-19-30(20-18-29)39-35-24-23-34-32-14-7-8-15-37(32)43-42(34)40(35)36-26-31(28-12-5-2-6-13-28)21-22-33(36)41(39)38-16-9-25-44-38;1-3-11-23-21(9-1)19-30(26-14-6-5-13-25(23)26)31-20-22-10-2-4-12-24(22)33-28(31)17-18-29-27-15-7-8-16-32(27)35-34(29)33;1-3-11-21-19(8-1)10-7-14-23(21)27-18-20-9-2-4-12-22(20)29-25(27)16-17-26-24-13-5-6-15-28(24)31-30(26)29/h1-26H;1-20H;1-18H. The lowest BCUT2D eigenvalue weighted by Gasteiger charge is -2.19. The Kier molecular flexibility index (Phi) is 14.8. The van der Waals surface area contributed by atoms with Crippen LogP contribution >= 0.6 is 11.3 Å². The van der Waals surface area contributed by atoms with Gasteiger partial charge in [0.15, 0.2) is 0 Å². The minimum Gasteiger partial charge on any atom is -0.455 e. The van der Waals surface area contributed by atoms with Crippen LogP contribution in [0.2, 0.25) is 0 Å². The first-order chi connectivity index (χ1) is 54.6. The third-order valence-corrected chi connectivity index (χ3v) is 23.5. The zero-order valence-corrected chi connectivity index (χ0v) is 60.4. The Morgan fingerprint density at radius 2 is 0.545 bits per heavy atom. The van der Waals surface area contributed by atoms with Gasteiger partial charge in [0.05, 0.1) is 0 Å². The Morgan fingerprint density at radius 3 is 1.09 bits per heavy atom. The van der Waals surface area contributed by atoms with Gasteiger partial charge < -0.3 is 13.3 Å². The van der Waals surface area contributed by atoms with Crippen LogP contribution in [0.5, 0.6) is 0 Å². The first-order valence-electron chi connectivity index (χ1n) is 37.6. The molecule has 3 nitrogen and oxygen atoms in total. The summed E-state index contributed by atoms with van der Waals surface area (Å²) in [7, 11) is 0. The molecule has 110 heavy (non-hydrogen) atoms. The van der Waals surface area contributed by atoms with E-state index in [0.29, 0.717) is 0 Å². The predicted molar refractivity (Wildman–Crippen MR) is 469 cm³/mol. The normalized spacial score (nSPS) is 11.8. The fourth-order valence-electron chi connectivity index (χ4n) is 17.7. The largest absolute Gasteiger partial charge is 0.455 e. The first kappa shape index (κ1) is 63.1. The summed E-state index contributed by atoms with van der Waals surface area (Å²) in [5.74, 6) is 0. The third-order valence-electron chi connectivity index (χ3n) is 22.7. The van der Waals surface area contributed by atoms with E-state index in [1.165, 1.54) is 174 Å². The molecule has 4 aromatic heterocycles. The second-order valence-corrected chi connectivity index (χ2v) is 29.6. The average Bonchev–Trinajstić information content (AvgIpc) is 1.25. The molecule has 0 bridgehead atoms. The molecule has 0 N–H and O–H groups in total. The summed E-state index contributed by atoms with van der Waals surface area (Å²) < 4.78 is 19.7. The fraction of sp³-hybridized carbons (Fsp3) is 0. The van der Waals surface area contributed by atoms with Gasteiger partial charge in [-0.3, -0.25) is 0 Å². The highest BCUT2D eigenvalue weighted by atomic mass is 32.1. The van der Waals surface area contributed by atoms with Crippen LogP contribution in [0, 0.1) is 0 Å². The van der Waals surface area contributed by atoms with Crippen LogP contribution in [0.1, 0.15) is 0 Å². The molecule has 4 heteroatoms. The molecule has 0 amide bonds. The average molecular weight is 1420 g/mol. The van der Waals surface area contributed by atoms with Crippen molar-refractivity contribution < 1.29 is 13.3 Å². The maximum Gasteiger partial charge on any atom is 0.143 e. The highest BCUT2D eigenvalue weighted by molar-refractivity contribution is 7.13. The summed E-state index contributed by atoms with van der Waals surface area (Å²) in [6, 6.07) is 137. The molecule has 0 saturated carbocycles. The molecule has 24 rings (SSSR count). The van der Waals surface area contributed by atoms with Crippen molar-refractivity contribution in [1.29, 1.82) is 0 Å². The highest BCUT2D eigenvalue weighted by Gasteiger charge is 2.25. The van der Waals surface area contributed by atoms with Crippen molar-refractivity contribution in [2.45, 2.75) is 0 Å². The summed E-state index contributed by atoms with van der Waals surface area (Å²) in [6.45, 7) is 0. The van der Waals surface area contributed by atoms with Crippen LogP contribution in [0.3, 0.4) is 0 Å². The van der Waals surface area contributed by atoms with E-state index in [4.69, 9.17) is 13.3 Å². The van der Waals surface area contributed by atoms with Gasteiger partial charge in [0.25, 0.3) is 0 Å². The Morgan fingerprint density at radius 1 is 0.173 bits per heavy atom. The number of furan rings is 3. The zero-order chi connectivity index (χ0) is 72.3. The third kappa shape index (κ3) is 10.3. The Hall–Kier alpha value is -14.2. The maximum absolute atomic E-state index is 6.72. The first-order valence-corrected chi connectivity index (χ1v) is 38.5. The molecule has 4 heterocycles. The second kappa shape index (κ2) is 25.8. The number of hydrogen-bond acceptors (Lipinski definition) is 4. The molecule has 0 atom stereocenters. The number of rotatable bonds is 6. The van der Waals surface area contributed by atoms with Crippen molar-refractivity contribution in [3.63, 3.8) is 0 Å². The van der Waals surface area contributed by atoms with Gasteiger partial charge in [-0.15, -0.1) is 11.3 Å². The molecule has 0 radical (unpaired) electrons. The van der Waals surface area contributed by atoms with Crippen LogP contribution in [0.15, 0.2) is 401 Å². The predicted octanol–water partition coefficient (Wildman–Crippen LogP) is 31.2. The van der Waals surface area contributed by atoms with E-state index in [9.17, 15) is 0 Å². The number of para-hydroxylation sites is 3. The smallest absolute Gasteiger partial charge is 0.143 e. The second-order valence-electron chi connectivity index (χ2n) is 28.7. The fourth-order valence-corrected chi connectivity index (χ4v) is 18.5. The highest BCUT2D eigenvalue weighted by Crippen LogP contribution is 2.52. The molecule has 0 aliphatic heterocycles. The van der Waals surface area contributed by atoms with E-state index < -0.39 is 0 Å². The summed E-state index contributed by atoms with van der Waals surface area (Å²) in [6.07, 6.45) is 0. The van der Waals surface area contributed by atoms with Crippen LogP contribution in [-0.2, 0) is 0 Å². The van der Waals surface area contributed by atoms with Gasteiger partial charge in [0, 0.05) is 58.9 Å². The van der Waals surface area contributed by atoms with Crippen molar-refractivity contribution in [3.8, 4) is 66.1 Å². The van der Waals surface area contributed by atoms with Crippen LogP contribution in [-0.4, -0.2) is 0 Å². The molecule has 0 unspecified atom stereocenters. The van der Waals surface area contributed by atoms with Gasteiger partial charge in [-0.05, 0) is 209 Å². The number of benzene rings is 20. The molecule has 0 aliphatic carbocycles. The van der Waals surface area contributed by atoms with E-state index in [0.717, 1.165) is 55.0 Å². The van der Waals surface area contributed by atoms with Crippen LogP contribution in [0.4, 0.5) is 0 Å². The van der Waals surface area contributed by atoms with Gasteiger partial charge in [-0.25, -0.2) is 0 Å². The Balaban J connectivity index is 0.000000103. The molecule has 512 valence electrons. The lowest BCUT2D eigenvalue weighted by atomic mass is 9.85. The molecule has 0 fully saturated rings. The lowest BCUT2D eigenvalue weighted by molar-refractivity contribution is 0.672. The van der Waals surface area contributed by atoms with Crippen LogP contribution < -0.4 is 0 Å². The van der Waals surface area contributed by atoms with Gasteiger partial charge in [0.1, 0.15) is 33.5 Å². The summed E-state index contributed by atoms with van der Waals surface area (Å²) in [4.78, 5) is 1.26. The number of hydrogen-bond donors (Lipinski definition) is 0. The SMILES string of the molecule is c1ccc(-c2ccc(-c3c(-c4cccs4)c4ccc(-c5ccccc5)cc4c4c3ccc3c5ccccc5oc34)cc2)cc1.c1ccc2c(-c3cc4ccccc4c4c3ccc3c5ccccc5oc34)cccc2c1.c1ccc2c(c1)cc(-c1cc3ccccc3c3c1ccc1c4ccccc4oc13)c1ccccc12. The van der Waals surface area contributed by atoms with Gasteiger partial charge in [-0.1, -0.05) is 315 Å². The molecular weight excluding hydrogens is 1350 g/mol. The van der Waals surface area contributed by atoms with Crippen LogP contribution in [0.25, 0.3) is 229 Å². The monoisotopic (exact) mass is 1420 g/mol. The topological polar surface area (TPSA) is 39.4 Å². The number of thiophene rings is 1. The van der Waals surface area contributed by atoms with Gasteiger partial charge >= 0.3 is 0 Å². The minimum absolute atomic E-state index is 0.915. The number of fused-ring (bicyclic) bond motifs is 25. The van der Waals surface area contributed by atoms with E-state index in [1.54, 1.807) is 11.3 Å². The summed E-state index contributed by atoms with van der Waals surface area (Å²) in [5, 5.41) is 31.3. The van der Waals surface area contributed by atoms with Crippen molar-refractivity contribution >= 4 is 174 Å². The molecule has 0 aliphatic rings. The molecule has 20 aromatic carbocycles. The molecule has 0 saturated heterocycles. The Bertz CT molecular complexity index is 7810. The van der Waals surface area contributed by atoms with Crippen molar-refractivity contribution in [2.75, 3.05) is 0 Å². The Labute approximate surface area is 636 Å². The molecular formula is C106H64O3S. The quantitative estimate of drug-likeness (QED) is 0.156. The van der Waals surface area contributed by atoms with E-state index >= 15 is 0 Å². The minimum atomic E-state index is 0.915. The van der Waals surface area contributed by atoms with E-state index in [1.807, 2.05) is 18.2 Å². The summed E-state index contributed by atoms with van der Waals surface area (Å²) >= 11 is 1.79. The maximum atomic E-state index is 6.72. The van der Waals surface area contributed by atoms with E-state index in [2.05, 4.69) is 369 Å². The zero-order valence-electron chi connectivity index (χ0n) is 59.6. The van der Waals surface area contributed by atoms with Crippen molar-refractivity contribution in [2.24, 2.45) is 0 Å².